The molecular formula is C17H12ClN5O. The molecule has 0 spiro atoms. The molecule has 0 amide bonds. The zero-order valence-electron chi connectivity index (χ0n) is 12.7. The Bertz CT molecular complexity index is 952. The van der Waals surface area contributed by atoms with Crippen molar-refractivity contribution < 1.29 is 4.79 Å². The Balaban J connectivity index is 2.10. The lowest BCUT2D eigenvalue weighted by atomic mass is 10.1. The second-order valence-electron chi connectivity index (χ2n) is 5.16. The summed E-state index contributed by atoms with van der Waals surface area (Å²) in [6, 6.07) is 12.1. The average Bonchev–Trinajstić information content (AvgIpc) is 2.92. The Morgan fingerprint density at radius 2 is 1.96 bits per heavy atom. The number of pyridine rings is 1. The summed E-state index contributed by atoms with van der Waals surface area (Å²) < 4.78 is 1.34. The van der Waals surface area contributed by atoms with Gasteiger partial charge in [-0.1, -0.05) is 17.7 Å². The van der Waals surface area contributed by atoms with Crippen molar-refractivity contribution in [3.8, 4) is 11.8 Å². The molecule has 2 aromatic heterocycles. The molecule has 0 aliphatic rings. The van der Waals surface area contributed by atoms with Gasteiger partial charge in [0.1, 0.15) is 23.1 Å². The third-order valence-electron chi connectivity index (χ3n) is 3.46. The normalized spacial score (nSPS) is 10.4. The topological polar surface area (TPSA) is 97.6 Å². The SMILES string of the molecule is Cc1ccc(C(=O)c2nn(-c3ccc(Cl)cc3)c(N)c2C#N)nc1. The first kappa shape index (κ1) is 15.7. The number of hydrogen-bond donors (Lipinski definition) is 1. The van der Waals surface area contributed by atoms with Crippen LogP contribution >= 0.6 is 11.6 Å². The lowest BCUT2D eigenvalue weighted by Gasteiger charge is -2.03. The standard InChI is InChI=1S/C17H12ClN5O/c1-10-2-7-14(21-9-10)16(24)15-13(8-19)17(20)23(22-15)12-5-3-11(18)4-6-12/h2-7,9H,20H2,1H3. The van der Waals surface area contributed by atoms with Crippen molar-refractivity contribution >= 4 is 23.2 Å². The van der Waals surface area contributed by atoms with E-state index in [1.54, 1.807) is 42.6 Å². The van der Waals surface area contributed by atoms with E-state index in [1.165, 1.54) is 4.68 Å². The first-order valence-corrected chi connectivity index (χ1v) is 7.41. The number of carbonyl (C=O) groups excluding carboxylic acids is 1. The Hall–Kier alpha value is -3.17. The number of nitrogens with zero attached hydrogens (tertiary/aromatic N) is 4. The minimum absolute atomic E-state index is 0.0253. The van der Waals surface area contributed by atoms with Crippen LogP contribution in [0.15, 0.2) is 42.6 Å². The van der Waals surface area contributed by atoms with Gasteiger partial charge in [-0.05, 0) is 42.8 Å². The van der Waals surface area contributed by atoms with Crippen molar-refractivity contribution in [2.45, 2.75) is 6.92 Å². The van der Waals surface area contributed by atoms with E-state index in [9.17, 15) is 10.1 Å². The predicted molar refractivity (Wildman–Crippen MR) is 90.1 cm³/mol. The summed E-state index contributed by atoms with van der Waals surface area (Å²) in [5.74, 6) is -0.360. The summed E-state index contributed by atoms with van der Waals surface area (Å²) in [5, 5.41) is 14.1. The molecule has 0 fully saturated rings. The van der Waals surface area contributed by atoms with Crippen LogP contribution < -0.4 is 5.73 Å². The van der Waals surface area contributed by atoms with Gasteiger partial charge in [-0.2, -0.15) is 10.4 Å². The second-order valence-corrected chi connectivity index (χ2v) is 5.60. The van der Waals surface area contributed by atoms with Crippen LogP contribution in [0.25, 0.3) is 5.69 Å². The molecule has 7 heteroatoms. The molecule has 3 aromatic rings. The number of hydrogen-bond acceptors (Lipinski definition) is 5. The first-order chi connectivity index (χ1) is 11.5. The fourth-order valence-electron chi connectivity index (χ4n) is 2.20. The molecule has 0 aliphatic carbocycles. The molecule has 1 aromatic carbocycles. The lowest BCUT2D eigenvalue weighted by molar-refractivity contribution is 0.102. The maximum atomic E-state index is 12.6. The highest BCUT2D eigenvalue weighted by Crippen LogP contribution is 2.23. The van der Waals surface area contributed by atoms with Gasteiger partial charge >= 0.3 is 0 Å². The molecule has 0 saturated heterocycles. The van der Waals surface area contributed by atoms with Gasteiger partial charge in [0.15, 0.2) is 5.69 Å². The zero-order chi connectivity index (χ0) is 17.3. The Morgan fingerprint density at radius 3 is 2.54 bits per heavy atom. The number of nitrogen functional groups attached to an aromatic ring is 1. The number of rotatable bonds is 3. The molecule has 0 saturated carbocycles. The smallest absolute Gasteiger partial charge is 0.232 e. The van der Waals surface area contributed by atoms with Gasteiger partial charge in [0.2, 0.25) is 5.78 Å². The van der Waals surface area contributed by atoms with Crippen molar-refractivity contribution in [1.82, 2.24) is 14.8 Å². The highest BCUT2D eigenvalue weighted by molar-refractivity contribution is 6.30. The fourth-order valence-corrected chi connectivity index (χ4v) is 2.33. The van der Waals surface area contributed by atoms with Crippen LogP contribution in [0.4, 0.5) is 5.82 Å². The van der Waals surface area contributed by atoms with Gasteiger partial charge < -0.3 is 5.73 Å². The zero-order valence-corrected chi connectivity index (χ0v) is 13.4. The summed E-state index contributed by atoms with van der Waals surface area (Å²) in [6.07, 6.45) is 1.58. The van der Waals surface area contributed by atoms with Crippen LogP contribution in [0.1, 0.15) is 27.3 Å². The van der Waals surface area contributed by atoms with E-state index in [-0.39, 0.29) is 22.8 Å². The lowest BCUT2D eigenvalue weighted by Crippen LogP contribution is -2.07. The molecule has 0 radical (unpaired) electrons. The van der Waals surface area contributed by atoms with Gasteiger partial charge in [0.25, 0.3) is 0 Å². The van der Waals surface area contributed by atoms with Gasteiger partial charge in [-0.25, -0.2) is 4.68 Å². The largest absolute Gasteiger partial charge is 0.382 e. The van der Waals surface area contributed by atoms with Crippen molar-refractivity contribution in [2.24, 2.45) is 0 Å². The minimum Gasteiger partial charge on any atom is -0.382 e. The number of ketones is 1. The van der Waals surface area contributed by atoms with E-state index >= 15 is 0 Å². The highest BCUT2D eigenvalue weighted by Gasteiger charge is 2.24. The number of halogens is 1. The van der Waals surface area contributed by atoms with Gasteiger partial charge in [0, 0.05) is 11.2 Å². The Kier molecular flexibility index (Phi) is 4.02. The summed E-state index contributed by atoms with van der Waals surface area (Å²) in [4.78, 5) is 16.7. The van der Waals surface area contributed by atoms with Crippen LogP contribution in [-0.2, 0) is 0 Å². The van der Waals surface area contributed by atoms with Gasteiger partial charge in [-0.15, -0.1) is 0 Å². The van der Waals surface area contributed by atoms with Crippen molar-refractivity contribution in [3.05, 3.63) is 70.1 Å². The van der Waals surface area contributed by atoms with Crippen LogP contribution in [0, 0.1) is 18.3 Å². The summed E-state index contributed by atoms with van der Waals surface area (Å²) in [7, 11) is 0. The molecule has 0 unspecified atom stereocenters. The number of nitriles is 1. The van der Waals surface area contributed by atoms with Crippen molar-refractivity contribution in [2.75, 3.05) is 5.73 Å². The Morgan fingerprint density at radius 1 is 1.25 bits per heavy atom. The van der Waals surface area contributed by atoms with E-state index in [0.717, 1.165) is 5.56 Å². The number of benzene rings is 1. The van der Waals surface area contributed by atoms with E-state index < -0.39 is 5.78 Å². The van der Waals surface area contributed by atoms with Crippen LogP contribution in [0.5, 0.6) is 0 Å². The highest BCUT2D eigenvalue weighted by atomic mass is 35.5. The molecule has 24 heavy (non-hydrogen) atoms. The fraction of sp³-hybridized carbons (Fsp3) is 0.0588. The van der Waals surface area contributed by atoms with Gasteiger partial charge in [-0.3, -0.25) is 9.78 Å². The number of aromatic nitrogens is 3. The number of carbonyl (C=O) groups is 1. The molecule has 118 valence electrons. The molecule has 0 bridgehead atoms. The van der Waals surface area contributed by atoms with Crippen molar-refractivity contribution in [1.29, 1.82) is 5.26 Å². The third-order valence-corrected chi connectivity index (χ3v) is 3.72. The minimum atomic E-state index is -0.453. The number of aryl methyl sites for hydroxylation is 1. The van der Waals surface area contributed by atoms with E-state index in [0.29, 0.717) is 10.7 Å². The van der Waals surface area contributed by atoms with Crippen LogP contribution in [0.3, 0.4) is 0 Å². The molecular weight excluding hydrogens is 326 g/mol. The third kappa shape index (κ3) is 2.73. The van der Waals surface area contributed by atoms with Crippen molar-refractivity contribution in [3.63, 3.8) is 0 Å². The van der Waals surface area contributed by atoms with Crippen LogP contribution in [0.2, 0.25) is 5.02 Å². The predicted octanol–water partition coefficient (Wildman–Crippen LogP) is 2.91. The second kappa shape index (κ2) is 6.14. The maximum Gasteiger partial charge on any atom is 0.232 e. The monoisotopic (exact) mass is 337 g/mol. The van der Waals surface area contributed by atoms with E-state index in [1.807, 2.05) is 13.0 Å². The summed E-state index contributed by atoms with van der Waals surface area (Å²) >= 11 is 5.87. The number of nitrogens with two attached hydrogens (primary N) is 1. The molecule has 0 aliphatic heterocycles. The molecule has 2 N–H and O–H groups in total. The van der Waals surface area contributed by atoms with E-state index in [4.69, 9.17) is 17.3 Å². The summed E-state index contributed by atoms with van der Waals surface area (Å²) in [5.41, 5.74) is 7.73. The summed E-state index contributed by atoms with van der Waals surface area (Å²) in [6.45, 7) is 1.87. The first-order valence-electron chi connectivity index (χ1n) is 7.03. The molecule has 2 heterocycles. The van der Waals surface area contributed by atoms with Crippen LogP contribution in [-0.4, -0.2) is 20.5 Å². The molecule has 6 nitrogen and oxygen atoms in total. The quantitative estimate of drug-likeness (QED) is 0.741. The Labute approximate surface area is 143 Å². The van der Waals surface area contributed by atoms with E-state index in [2.05, 4.69) is 10.1 Å². The molecule has 0 atom stereocenters. The average molecular weight is 338 g/mol. The molecule has 3 rings (SSSR count). The maximum absolute atomic E-state index is 12.6. The van der Waals surface area contributed by atoms with Gasteiger partial charge in [0.05, 0.1) is 5.69 Å². The number of anilines is 1.